The molecule has 0 bridgehead atoms. The number of carboxylic acid groups (broad SMARTS) is 1. The monoisotopic (exact) mass is 285 g/mol. The molecule has 0 fully saturated rings. The van der Waals surface area contributed by atoms with Crippen LogP contribution in [0.3, 0.4) is 0 Å². The van der Waals surface area contributed by atoms with Crippen LogP contribution >= 0.6 is 0 Å². The van der Waals surface area contributed by atoms with Gasteiger partial charge in [-0.05, 0) is 54.3 Å². The molecule has 0 aromatic heterocycles. The van der Waals surface area contributed by atoms with Gasteiger partial charge >= 0.3 is 5.97 Å². The van der Waals surface area contributed by atoms with Crippen LogP contribution in [0.5, 0.6) is 0 Å². The topological polar surface area (TPSA) is 40.5 Å². The van der Waals surface area contributed by atoms with E-state index < -0.39 is 5.97 Å². The summed E-state index contributed by atoms with van der Waals surface area (Å²) < 4.78 is 13.4. The fourth-order valence-corrected chi connectivity index (χ4v) is 2.76. The lowest BCUT2D eigenvalue weighted by Crippen LogP contribution is -2.20. The van der Waals surface area contributed by atoms with Crippen molar-refractivity contribution in [2.45, 2.75) is 19.9 Å². The van der Waals surface area contributed by atoms with Crippen LogP contribution in [-0.4, -0.2) is 17.6 Å². The molecule has 0 saturated heterocycles. The predicted octanol–water partition coefficient (Wildman–Crippen LogP) is 3.40. The molecule has 108 valence electrons. The second kappa shape index (κ2) is 5.20. The third-order valence-corrected chi connectivity index (χ3v) is 4.00. The number of carboxylic acids is 1. The first-order valence-electron chi connectivity index (χ1n) is 6.91. The number of rotatable bonds is 3. The van der Waals surface area contributed by atoms with Crippen molar-refractivity contribution in [1.29, 1.82) is 0 Å². The van der Waals surface area contributed by atoms with Gasteiger partial charge < -0.3 is 10.0 Å². The van der Waals surface area contributed by atoms with E-state index in [1.165, 1.54) is 6.07 Å². The lowest BCUT2D eigenvalue weighted by Gasteiger charge is -2.21. The maximum absolute atomic E-state index is 13.4. The van der Waals surface area contributed by atoms with Crippen LogP contribution in [0.1, 0.15) is 27.0 Å². The average Bonchev–Trinajstić information content (AvgIpc) is 2.85. The molecule has 0 spiro atoms. The van der Waals surface area contributed by atoms with E-state index in [4.69, 9.17) is 5.11 Å². The van der Waals surface area contributed by atoms with E-state index in [2.05, 4.69) is 4.90 Å². The van der Waals surface area contributed by atoms with Crippen molar-refractivity contribution in [3.63, 3.8) is 0 Å². The number of carbonyl (C=O) groups is 1. The molecule has 0 amide bonds. The minimum absolute atomic E-state index is 0.241. The zero-order valence-electron chi connectivity index (χ0n) is 11.8. The van der Waals surface area contributed by atoms with E-state index in [1.54, 1.807) is 24.3 Å². The summed E-state index contributed by atoms with van der Waals surface area (Å²) in [6.07, 6.45) is 0.892. The SMILES string of the molecule is Cc1ccc(F)cc1CN1CCc2ccc(C(=O)O)cc21. The predicted molar refractivity (Wildman–Crippen MR) is 79.3 cm³/mol. The summed E-state index contributed by atoms with van der Waals surface area (Å²) >= 11 is 0. The highest BCUT2D eigenvalue weighted by Gasteiger charge is 2.21. The van der Waals surface area contributed by atoms with E-state index in [-0.39, 0.29) is 11.4 Å². The smallest absolute Gasteiger partial charge is 0.335 e. The van der Waals surface area contributed by atoms with Gasteiger partial charge in [0.05, 0.1) is 5.56 Å². The average molecular weight is 285 g/mol. The fourth-order valence-electron chi connectivity index (χ4n) is 2.76. The van der Waals surface area contributed by atoms with E-state index >= 15 is 0 Å². The molecular formula is C17H16FNO2. The van der Waals surface area contributed by atoms with Crippen LogP contribution in [0, 0.1) is 12.7 Å². The third-order valence-electron chi connectivity index (χ3n) is 4.00. The molecule has 0 saturated carbocycles. The van der Waals surface area contributed by atoms with Gasteiger partial charge in [0.15, 0.2) is 0 Å². The maximum Gasteiger partial charge on any atom is 0.335 e. The van der Waals surface area contributed by atoms with Gasteiger partial charge in [-0.15, -0.1) is 0 Å². The Morgan fingerprint density at radius 3 is 2.86 bits per heavy atom. The molecule has 0 aliphatic carbocycles. The largest absolute Gasteiger partial charge is 0.478 e. The first-order chi connectivity index (χ1) is 10.0. The van der Waals surface area contributed by atoms with Crippen LogP contribution in [-0.2, 0) is 13.0 Å². The van der Waals surface area contributed by atoms with Crippen molar-refractivity contribution in [1.82, 2.24) is 0 Å². The first-order valence-corrected chi connectivity index (χ1v) is 6.91. The Kier molecular flexibility index (Phi) is 3.37. The van der Waals surface area contributed by atoms with Crippen molar-refractivity contribution >= 4 is 11.7 Å². The van der Waals surface area contributed by atoms with Crippen LogP contribution in [0.2, 0.25) is 0 Å². The van der Waals surface area contributed by atoms with Gasteiger partial charge in [0.25, 0.3) is 0 Å². The number of nitrogens with zero attached hydrogens (tertiary/aromatic N) is 1. The summed E-state index contributed by atoms with van der Waals surface area (Å²) in [7, 11) is 0. The highest BCUT2D eigenvalue weighted by atomic mass is 19.1. The first kappa shape index (κ1) is 13.6. The number of fused-ring (bicyclic) bond motifs is 1. The van der Waals surface area contributed by atoms with Crippen LogP contribution in [0.15, 0.2) is 36.4 Å². The molecule has 0 unspecified atom stereocenters. The van der Waals surface area contributed by atoms with Gasteiger partial charge in [0, 0.05) is 18.8 Å². The summed E-state index contributed by atoms with van der Waals surface area (Å²) in [5.41, 5.74) is 4.35. The molecule has 1 N–H and O–H groups in total. The van der Waals surface area contributed by atoms with Crippen LogP contribution < -0.4 is 4.90 Å². The number of aromatic carboxylic acids is 1. The van der Waals surface area contributed by atoms with Crippen molar-refractivity contribution in [3.05, 3.63) is 64.5 Å². The normalized spacial score (nSPS) is 13.3. The summed E-state index contributed by atoms with van der Waals surface area (Å²) in [5.74, 6) is -1.17. The molecule has 2 aromatic rings. The Bertz CT molecular complexity index is 712. The summed E-state index contributed by atoms with van der Waals surface area (Å²) in [4.78, 5) is 13.2. The van der Waals surface area contributed by atoms with Crippen molar-refractivity contribution in [2.75, 3.05) is 11.4 Å². The molecule has 1 heterocycles. The van der Waals surface area contributed by atoms with Gasteiger partial charge in [0.1, 0.15) is 5.82 Å². The zero-order valence-corrected chi connectivity index (χ0v) is 11.8. The summed E-state index contributed by atoms with van der Waals surface area (Å²) in [6.45, 7) is 3.38. The minimum atomic E-state index is -0.924. The Morgan fingerprint density at radius 1 is 1.29 bits per heavy atom. The number of hydrogen-bond acceptors (Lipinski definition) is 2. The van der Waals surface area contributed by atoms with Crippen molar-refractivity contribution < 1.29 is 14.3 Å². The summed E-state index contributed by atoms with van der Waals surface area (Å²) in [6, 6.07) is 10.00. The Morgan fingerprint density at radius 2 is 2.10 bits per heavy atom. The molecule has 21 heavy (non-hydrogen) atoms. The molecule has 2 aromatic carbocycles. The molecule has 4 heteroatoms. The molecule has 0 radical (unpaired) electrons. The number of hydrogen-bond donors (Lipinski definition) is 1. The third kappa shape index (κ3) is 2.61. The molecule has 0 atom stereocenters. The molecule has 3 rings (SSSR count). The lowest BCUT2D eigenvalue weighted by molar-refractivity contribution is 0.0697. The van der Waals surface area contributed by atoms with Gasteiger partial charge in [-0.3, -0.25) is 0 Å². The van der Waals surface area contributed by atoms with Crippen LogP contribution in [0.4, 0.5) is 10.1 Å². The Labute approximate surface area is 122 Å². The van der Waals surface area contributed by atoms with Crippen molar-refractivity contribution in [3.8, 4) is 0 Å². The lowest BCUT2D eigenvalue weighted by atomic mass is 10.1. The summed E-state index contributed by atoms with van der Waals surface area (Å²) in [5, 5.41) is 9.10. The second-order valence-corrected chi connectivity index (χ2v) is 5.39. The van der Waals surface area contributed by atoms with E-state index in [9.17, 15) is 9.18 Å². The van der Waals surface area contributed by atoms with E-state index in [0.717, 1.165) is 35.3 Å². The van der Waals surface area contributed by atoms with E-state index in [0.29, 0.717) is 6.54 Å². The molecule has 1 aliphatic rings. The Balaban J connectivity index is 1.92. The van der Waals surface area contributed by atoms with E-state index in [1.807, 2.05) is 13.0 Å². The zero-order chi connectivity index (χ0) is 15.0. The number of anilines is 1. The number of halogens is 1. The quantitative estimate of drug-likeness (QED) is 0.939. The minimum Gasteiger partial charge on any atom is -0.478 e. The molecule has 3 nitrogen and oxygen atoms in total. The standard InChI is InChI=1S/C17H16FNO2/c1-11-2-5-15(18)8-14(11)10-19-7-6-12-3-4-13(17(20)21)9-16(12)19/h2-5,8-9H,6-7,10H2,1H3,(H,20,21). The Hall–Kier alpha value is -2.36. The second-order valence-electron chi connectivity index (χ2n) is 5.39. The highest BCUT2D eigenvalue weighted by Crippen LogP contribution is 2.31. The highest BCUT2D eigenvalue weighted by molar-refractivity contribution is 5.89. The van der Waals surface area contributed by atoms with Gasteiger partial charge in [0.2, 0.25) is 0 Å². The van der Waals surface area contributed by atoms with Gasteiger partial charge in [-0.25, -0.2) is 9.18 Å². The maximum atomic E-state index is 13.4. The number of aryl methyl sites for hydroxylation is 1. The van der Waals surface area contributed by atoms with Gasteiger partial charge in [-0.1, -0.05) is 12.1 Å². The fraction of sp³-hybridized carbons (Fsp3) is 0.235. The van der Waals surface area contributed by atoms with Crippen LogP contribution in [0.25, 0.3) is 0 Å². The molecule has 1 aliphatic heterocycles. The van der Waals surface area contributed by atoms with Gasteiger partial charge in [-0.2, -0.15) is 0 Å². The number of benzene rings is 2. The molecular weight excluding hydrogens is 269 g/mol. The van der Waals surface area contributed by atoms with Crippen molar-refractivity contribution in [2.24, 2.45) is 0 Å².